The highest BCUT2D eigenvalue weighted by atomic mass is 32.2. The molecule has 0 aromatic heterocycles. The lowest BCUT2D eigenvalue weighted by atomic mass is 10.2. The lowest BCUT2D eigenvalue weighted by molar-refractivity contribution is 0.243. The molecule has 3 heteroatoms. The van der Waals surface area contributed by atoms with Crippen molar-refractivity contribution in [3.63, 3.8) is 0 Å². The van der Waals surface area contributed by atoms with Crippen molar-refractivity contribution in [3.8, 4) is 5.75 Å². The molecule has 0 heterocycles. The van der Waals surface area contributed by atoms with Crippen LogP contribution in [0.2, 0.25) is 0 Å². The number of rotatable bonds is 5. The van der Waals surface area contributed by atoms with Gasteiger partial charge in [0.1, 0.15) is 5.75 Å². The minimum absolute atomic E-state index is 0.134. The Morgan fingerprint density at radius 3 is 2.60 bits per heavy atom. The fraction of sp³-hybridized carbons (Fsp3) is 0.294. The molecule has 0 bridgehead atoms. The second-order valence-corrected chi connectivity index (χ2v) is 6.13. The van der Waals surface area contributed by atoms with Crippen LogP contribution in [0, 0.1) is 6.92 Å². The van der Waals surface area contributed by atoms with Crippen LogP contribution >= 0.6 is 11.8 Å². The fourth-order valence-corrected chi connectivity index (χ4v) is 2.90. The number of thioether (sulfide) groups is 1. The molecule has 2 aromatic carbocycles. The Labute approximate surface area is 125 Å². The van der Waals surface area contributed by atoms with Crippen molar-refractivity contribution < 1.29 is 4.74 Å². The number of anilines is 1. The van der Waals surface area contributed by atoms with Gasteiger partial charge < -0.3 is 10.5 Å². The average Bonchev–Trinajstić information content (AvgIpc) is 2.39. The first-order valence-corrected chi connectivity index (χ1v) is 7.78. The third-order valence-electron chi connectivity index (χ3n) is 2.87. The van der Waals surface area contributed by atoms with Gasteiger partial charge >= 0.3 is 0 Å². The highest BCUT2D eigenvalue weighted by Crippen LogP contribution is 2.34. The van der Waals surface area contributed by atoms with Crippen LogP contribution in [-0.4, -0.2) is 6.10 Å². The molecular formula is C17H21NOS. The first-order valence-electron chi connectivity index (χ1n) is 6.79. The number of hydrogen-bond acceptors (Lipinski definition) is 3. The van der Waals surface area contributed by atoms with E-state index in [4.69, 9.17) is 10.5 Å². The standard InChI is InChI=1S/C17H21NOS/c1-12(2)19-15-8-5-9-16(17(15)18)20-11-14-7-4-6-13(3)10-14/h4-10,12H,11,18H2,1-3H3. The second kappa shape index (κ2) is 6.71. The monoisotopic (exact) mass is 287 g/mol. The maximum absolute atomic E-state index is 6.18. The Bertz CT molecular complexity index is 581. The Hall–Kier alpha value is -1.61. The molecule has 0 fully saturated rings. The van der Waals surface area contributed by atoms with Crippen molar-refractivity contribution in [1.29, 1.82) is 0 Å². The largest absolute Gasteiger partial charge is 0.489 e. The first kappa shape index (κ1) is 14.8. The summed E-state index contributed by atoms with van der Waals surface area (Å²) in [4.78, 5) is 1.07. The minimum Gasteiger partial charge on any atom is -0.489 e. The molecule has 2 aromatic rings. The van der Waals surface area contributed by atoms with Crippen molar-refractivity contribution in [1.82, 2.24) is 0 Å². The van der Waals surface area contributed by atoms with Crippen molar-refractivity contribution >= 4 is 17.4 Å². The average molecular weight is 287 g/mol. The summed E-state index contributed by atoms with van der Waals surface area (Å²) in [6, 6.07) is 14.5. The van der Waals surface area contributed by atoms with Gasteiger partial charge in [0.2, 0.25) is 0 Å². The van der Waals surface area contributed by atoms with Crippen LogP contribution in [0.15, 0.2) is 47.4 Å². The molecule has 0 aliphatic rings. The molecular weight excluding hydrogens is 266 g/mol. The van der Waals surface area contributed by atoms with E-state index >= 15 is 0 Å². The van der Waals surface area contributed by atoms with Crippen LogP contribution in [0.5, 0.6) is 5.75 Å². The first-order chi connectivity index (χ1) is 9.56. The molecule has 0 amide bonds. The van der Waals surface area contributed by atoms with Gasteiger partial charge in [-0.2, -0.15) is 0 Å². The van der Waals surface area contributed by atoms with Gasteiger partial charge in [-0.3, -0.25) is 0 Å². The molecule has 2 rings (SSSR count). The minimum atomic E-state index is 0.134. The van der Waals surface area contributed by atoms with Gasteiger partial charge in [0, 0.05) is 10.6 Å². The lowest BCUT2D eigenvalue weighted by Gasteiger charge is -2.14. The molecule has 0 unspecified atom stereocenters. The van der Waals surface area contributed by atoms with Crippen molar-refractivity contribution in [3.05, 3.63) is 53.6 Å². The molecule has 0 saturated heterocycles. The van der Waals surface area contributed by atoms with Gasteiger partial charge in [0.15, 0.2) is 0 Å². The molecule has 0 atom stereocenters. The van der Waals surface area contributed by atoms with Gasteiger partial charge in [-0.1, -0.05) is 35.9 Å². The zero-order valence-electron chi connectivity index (χ0n) is 12.2. The van der Waals surface area contributed by atoms with Crippen molar-refractivity contribution in [2.75, 3.05) is 5.73 Å². The fourth-order valence-electron chi connectivity index (χ4n) is 1.97. The summed E-state index contributed by atoms with van der Waals surface area (Å²) in [5, 5.41) is 0. The number of para-hydroxylation sites is 1. The highest BCUT2D eigenvalue weighted by molar-refractivity contribution is 7.98. The quantitative estimate of drug-likeness (QED) is 0.642. The Morgan fingerprint density at radius 2 is 1.90 bits per heavy atom. The number of nitrogens with two attached hydrogens (primary N) is 1. The van der Waals surface area contributed by atoms with E-state index in [-0.39, 0.29) is 6.10 Å². The van der Waals surface area contributed by atoms with E-state index in [1.807, 2.05) is 32.0 Å². The predicted octanol–water partition coefficient (Wildman–Crippen LogP) is 4.66. The second-order valence-electron chi connectivity index (χ2n) is 5.11. The van der Waals surface area contributed by atoms with Crippen LogP contribution < -0.4 is 10.5 Å². The summed E-state index contributed by atoms with van der Waals surface area (Å²) in [6.45, 7) is 6.12. The molecule has 0 aliphatic heterocycles. The maximum Gasteiger partial charge on any atom is 0.143 e. The smallest absolute Gasteiger partial charge is 0.143 e. The van der Waals surface area contributed by atoms with Gasteiger partial charge in [-0.05, 0) is 38.5 Å². The summed E-state index contributed by atoms with van der Waals surface area (Å²) in [5.41, 5.74) is 9.51. The summed E-state index contributed by atoms with van der Waals surface area (Å²) < 4.78 is 5.72. The molecule has 2 nitrogen and oxygen atoms in total. The van der Waals surface area contributed by atoms with E-state index in [1.165, 1.54) is 11.1 Å². The normalized spacial score (nSPS) is 10.8. The van der Waals surface area contributed by atoms with E-state index in [2.05, 4.69) is 31.2 Å². The van der Waals surface area contributed by atoms with Crippen LogP contribution in [0.3, 0.4) is 0 Å². The van der Waals surface area contributed by atoms with Crippen LogP contribution in [-0.2, 0) is 5.75 Å². The highest BCUT2D eigenvalue weighted by Gasteiger charge is 2.08. The summed E-state index contributed by atoms with van der Waals surface area (Å²) in [7, 11) is 0. The van der Waals surface area contributed by atoms with Gasteiger partial charge in [-0.25, -0.2) is 0 Å². The van der Waals surface area contributed by atoms with Crippen LogP contribution in [0.25, 0.3) is 0 Å². The Morgan fingerprint density at radius 1 is 1.15 bits per heavy atom. The molecule has 0 radical (unpaired) electrons. The lowest BCUT2D eigenvalue weighted by Crippen LogP contribution is -2.07. The third kappa shape index (κ3) is 3.94. The topological polar surface area (TPSA) is 35.2 Å². The summed E-state index contributed by atoms with van der Waals surface area (Å²) >= 11 is 1.75. The van der Waals surface area contributed by atoms with E-state index in [0.717, 1.165) is 22.1 Å². The Kier molecular flexibility index (Phi) is 4.96. The molecule has 20 heavy (non-hydrogen) atoms. The SMILES string of the molecule is Cc1cccc(CSc2cccc(OC(C)C)c2N)c1. The molecule has 0 spiro atoms. The molecule has 106 valence electrons. The molecule has 0 saturated carbocycles. The van der Waals surface area contributed by atoms with E-state index in [9.17, 15) is 0 Å². The predicted molar refractivity (Wildman–Crippen MR) is 87.4 cm³/mol. The van der Waals surface area contributed by atoms with E-state index in [0.29, 0.717) is 0 Å². The summed E-state index contributed by atoms with van der Waals surface area (Å²) in [6.07, 6.45) is 0.134. The van der Waals surface area contributed by atoms with Crippen molar-refractivity contribution in [2.24, 2.45) is 0 Å². The van der Waals surface area contributed by atoms with Crippen molar-refractivity contribution in [2.45, 2.75) is 37.5 Å². The Balaban J connectivity index is 2.10. The van der Waals surface area contributed by atoms with Crippen LogP contribution in [0.1, 0.15) is 25.0 Å². The van der Waals surface area contributed by atoms with E-state index in [1.54, 1.807) is 11.8 Å². The third-order valence-corrected chi connectivity index (χ3v) is 4.01. The van der Waals surface area contributed by atoms with Gasteiger partial charge in [0.25, 0.3) is 0 Å². The number of nitrogen functional groups attached to an aromatic ring is 1. The zero-order chi connectivity index (χ0) is 14.5. The van der Waals surface area contributed by atoms with E-state index < -0.39 is 0 Å². The number of hydrogen-bond donors (Lipinski definition) is 1. The van der Waals surface area contributed by atoms with Gasteiger partial charge in [0.05, 0.1) is 11.8 Å². The maximum atomic E-state index is 6.18. The van der Waals surface area contributed by atoms with Crippen LogP contribution in [0.4, 0.5) is 5.69 Å². The number of aryl methyl sites for hydroxylation is 1. The zero-order valence-corrected chi connectivity index (χ0v) is 13.0. The van der Waals surface area contributed by atoms with Gasteiger partial charge in [-0.15, -0.1) is 11.8 Å². The number of benzene rings is 2. The molecule has 2 N–H and O–H groups in total. The number of ether oxygens (including phenoxy) is 1. The molecule has 0 aliphatic carbocycles. The summed E-state index contributed by atoms with van der Waals surface area (Å²) in [5.74, 6) is 1.69.